The number of anilines is 1. The third-order valence-electron chi connectivity index (χ3n) is 2.26. The lowest BCUT2D eigenvalue weighted by molar-refractivity contribution is 0.184. The normalized spacial score (nSPS) is 10.8. The van der Waals surface area contributed by atoms with E-state index >= 15 is 0 Å². The van der Waals surface area contributed by atoms with Crippen LogP contribution >= 0.6 is 22.7 Å². The van der Waals surface area contributed by atoms with Gasteiger partial charge in [0.15, 0.2) is 5.01 Å². The van der Waals surface area contributed by atoms with E-state index in [4.69, 9.17) is 4.74 Å². The van der Waals surface area contributed by atoms with Gasteiger partial charge in [-0.2, -0.15) is 0 Å². The number of nitrogens with one attached hydrogen (secondary N) is 1. The molecule has 2 aromatic heterocycles. The molecule has 0 aromatic carbocycles. The number of hydrogen-bond donors (Lipinski definition) is 1. The number of methoxy groups -OCH3 is 1. The lowest BCUT2D eigenvalue weighted by Crippen LogP contribution is -1.99. The fourth-order valence-electron chi connectivity index (χ4n) is 1.37. The molecule has 2 heterocycles. The minimum atomic E-state index is 0.547. The maximum atomic E-state index is 5.05. The van der Waals surface area contributed by atoms with E-state index in [0.29, 0.717) is 6.61 Å². The van der Waals surface area contributed by atoms with Crippen molar-refractivity contribution in [2.75, 3.05) is 19.0 Å². The van der Waals surface area contributed by atoms with Crippen molar-refractivity contribution in [3.63, 3.8) is 0 Å². The Labute approximate surface area is 114 Å². The molecule has 98 valence electrons. The number of thiazole rings is 1. The van der Waals surface area contributed by atoms with Gasteiger partial charge in [0, 0.05) is 19.9 Å². The molecule has 2 aromatic rings. The van der Waals surface area contributed by atoms with Crippen molar-refractivity contribution in [1.82, 2.24) is 15.2 Å². The van der Waals surface area contributed by atoms with Gasteiger partial charge in [0.2, 0.25) is 5.13 Å². The molecule has 0 radical (unpaired) electrons. The van der Waals surface area contributed by atoms with Crippen LogP contribution in [0.15, 0.2) is 6.20 Å². The second kappa shape index (κ2) is 6.77. The number of rotatable bonds is 7. The first-order valence-corrected chi connectivity index (χ1v) is 7.48. The van der Waals surface area contributed by atoms with Crippen LogP contribution in [-0.4, -0.2) is 28.8 Å². The smallest absolute Gasteiger partial charge is 0.206 e. The summed E-state index contributed by atoms with van der Waals surface area (Å²) in [5.74, 6) is 0. The highest BCUT2D eigenvalue weighted by atomic mass is 32.1. The summed E-state index contributed by atoms with van der Waals surface area (Å²) >= 11 is 3.16. The van der Waals surface area contributed by atoms with Crippen LogP contribution in [0.2, 0.25) is 0 Å². The molecule has 0 saturated carbocycles. The van der Waals surface area contributed by atoms with Crippen molar-refractivity contribution in [3.05, 3.63) is 11.2 Å². The number of aromatic nitrogens is 3. The lowest BCUT2D eigenvalue weighted by atomic mass is 10.3. The summed E-state index contributed by atoms with van der Waals surface area (Å²) in [6.45, 7) is 3.66. The van der Waals surface area contributed by atoms with Crippen LogP contribution in [0.1, 0.15) is 24.8 Å². The first kappa shape index (κ1) is 13.4. The number of ether oxygens (including phenoxy) is 1. The lowest BCUT2D eigenvalue weighted by Gasteiger charge is -1.97. The molecule has 7 heteroatoms. The fourth-order valence-corrected chi connectivity index (χ4v) is 3.06. The van der Waals surface area contributed by atoms with Crippen molar-refractivity contribution < 1.29 is 4.74 Å². The molecule has 0 atom stereocenters. The first-order chi connectivity index (χ1) is 8.83. The van der Waals surface area contributed by atoms with E-state index in [1.165, 1.54) is 6.42 Å². The molecule has 0 aliphatic heterocycles. The van der Waals surface area contributed by atoms with E-state index in [2.05, 4.69) is 27.4 Å². The van der Waals surface area contributed by atoms with Gasteiger partial charge in [-0.25, -0.2) is 4.98 Å². The highest BCUT2D eigenvalue weighted by Gasteiger charge is 2.10. The quantitative estimate of drug-likeness (QED) is 0.792. The summed E-state index contributed by atoms with van der Waals surface area (Å²) in [7, 11) is 1.67. The average Bonchev–Trinajstić information content (AvgIpc) is 2.98. The molecule has 0 aliphatic carbocycles. The van der Waals surface area contributed by atoms with Gasteiger partial charge in [-0.05, 0) is 6.42 Å². The predicted octanol–water partition coefficient (Wildman–Crippen LogP) is 3.02. The number of nitrogens with zero attached hydrogens (tertiary/aromatic N) is 3. The van der Waals surface area contributed by atoms with Gasteiger partial charge in [0.1, 0.15) is 5.01 Å². The fraction of sp³-hybridized carbons (Fsp3) is 0.545. The number of unbranched alkanes of at least 4 members (excludes halogenated alkanes) is 1. The molecule has 0 amide bonds. The molecular weight excluding hydrogens is 268 g/mol. The third kappa shape index (κ3) is 3.47. The van der Waals surface area contributed by atoms with Gasteiger partial charge < -0.3 is 10.1 Å². The summed E-state index contributed by atoms with van der Waals surface area (Å²) in [5.41, 5.74) is 0. The molecular formula is C11H16N4OS2. The highest BCUT2D eigenvalue weighted by molar-refractivity contribution is 7.23. The van der Waals surface area contributed by atoms with Crippen molar-refractivity contribution >= 4 is 27.8 Å². The largest absolute Gasteiger partial charge is 0.378 e. The van der Waals surface area contributed by atoms with Crippen LogP contribution < -0.4 is 5.32 Å². The molecule has 2 rings (SSSR count). The Morgan fingerprint density at radius 3 is 3.00 bits per heavy atom. The molecule has 18 heavy (non-hydrogen) atoms. The van der Waals surface area contributed by atoms with Gasteiger partial charge in [-0.15, -0.1) is 21.5 Å². The third-order valence-corrected chi connectivity index (χ3v) is 4.28. The van der Waals surface area contributed by atoms with E-state index in [1.54, 1.807) is 29.8 Å². The standard InChI is InChI=1S/C11H16N4OS2/c1-3-4-5-12-11-15-14-10(18-11)8-6-13-9(17-8)7-16-2/h6H,3-5,7H2,1-2H3,(H,12,15). The van der Waals surface area contributed by atoms with Crippen molar-refractivity contribution in [3.8, 4) is 9.88 Å². The Morgan fingerprint density at radius 2 is 2.22 bits per heavy atom. The van der Waals surface area contributed by atoms with Gasteiger partial charge in [-0.3, -0.25) is 0 Å². The van der Waals surface area contributed by atoms with Gasteiger partial charge in [-0.1, -0.05) is 24.7 Å². The van der Waals surface area contributed by atoms with Crippen LogP contribution in [0.25, 0.3) is 9.88 Å². The number of hydrogen-bond acceptors (Lipinski definition) is 7. The van der Waals surface area contributed by atoms with Crippen LogP contribution in [0.3, 0.4) is 0 Å². The van der Waals surface area contributed by atoms with Crippen LogP contribution in [0.4, 0.5) is 5.13 Å². The van der Waals surface area contributed by atoms with E-state index in [-0.39, 0.29) is 0 Å². The average molecular weight is 284 g/mol. The molecule has 5 nitrogen and oxygen atoms in total. The second-order valence-electron chi connectivity index (χ2n) is 3.74. The van der Waals surface area contributed by atoms with Gasteiger partial charge in [0.25, 0.3) is 0 Å². The Bertz CT molecular complexity index is 483. The zero-order chi connectivity index (χ0) is 12.8. The zero-order valence-electron chi connectivity index (χ0n) is 10.5. The Balaban J connectivity index is 1.99. The molecule has 0 unspecified atom stereocenters. The Hall–Kier alpha value is -1.05. The van der Waals surface area contributed by atoms with E-state index in [0.717, 1.165) is 33.0 Å². The molecule has 0 spiro atoms. The van der Waals surface area contributed by atoms with Crippen LogP contribution in [0, 0.1) is 0 Å². The Kier molecular flexibility index (Phi) is 5.03. The van der Waals surface area contributed by atoms with Crippen LogP contribution in [-0.2, 0) is 11.3 Å². The molecule has 1 N–H and O–H groups in total. The highest BCUT2D eigenvalue weighted by Crippen LogP contribution is 2.30. The maximum Gasteiger partial charge on any atom is 0.206 e. The monoisotopic (exact) mass is 284 g/mol. The zero-order valence-corrected chi connectivity index (χ0v) is 12.1. The topological polar surface area (TPSA) is 59.9 Å². The summed E-state index contributed by atoms with van der Waals surface area (Å²) in [6, 6.07) is 0. The summed E-state index contributed by atoms with van der Waals surface area (Å²) in [6.07, 6.45) is 4.15. The molecule has 0 aliphatic rings. The summed E-state index contributed by atoms with van der Waals surface area (Å²) < 4.78 is 5.05. The van der Waals surface area contributed by atoms with Crippen molar-refractivity contribution in [2.24, 2.45) is 0 Å². The molecule has 0 bridgehead atoms. The van der Waals surface area contributed by atoms with Gasteiger partial charge in [0.05, 0.1) is 11.5 Å². The van der Waals surface area contributed by atoms with E-state index in [1.807, 2.05) is 6.20 Å². The predicted molar refractivity (Wildman–Crippen MR) is 75.1 cm³/mol. The summed E-state index contributed by atoms with van der Waals surface area (Å²) in [5, 5.41) is 14.3. The molecule has 0 fully saturated rings. The molecule has 0 saturated heterocycles. The SMILES string of the molecule is CCCCNc1nnc(-c2cnc(COC)s2)s1. The maximum absolute atomic E-state index is 5.05. The Morgan fingerprint density at radius 1 is 1.33 bits per heavy atom. The van der Waals surface area contributed by atoms with E-state index in [9.17, 15) is 0 Å². The van der Waals surface area contributed by atoms with Crippen molar-refractivity contribution in [2.45, 2.75) is 26.4 Å². The minimum absolute atomic E-state index is 0.547. The first-order valence-electron chi connectivity index (χ1n) is 5.85. The van der Waals surface area contributed by atoms with Crippen LogP contribution in [0.5, 0.6) is 0 Å². The van der Waals surface area contributed by atoms with Gasteiger partial charge >= 0.3 is 0 Å². The second-order valence-corrected chi connectivity index (χ2v) is 5.84. The summed E-state index contributed by atoms with van der Waals surface area (Å²) in [4.78, 5) is 5.32. The van der Waals surface area contributed by atoms with Crippen molar-refractivity contribution in [1.29, 1.82) is 0 Å². The minimum Gasteiger partial charge on any atom is -0.378 e. The van der Waals surface area contributed by atoms with E-state index < -0.39 is 0 Å².